The zero-order valence-corrected chi connectivity index (χ0v) is 13.8. The maximum absolute atomic E-state index is 12.0. The van der Waals surface area contributed by atoms with Crippen molar-refractivity contribution >= 4 is 22.8 Å². The molecule has 6 heteroatoms. The van der Waals surface area contributed by atoms with Gasteiger partial charge in [0, 0.05) is 0 Å². The Bertz CT molecular complexity index is 750. The molecule has 2 atom stereocenters. The average molecular weight is 331 g/mol. The molecule has 0 aliphatic carbocycles. The zero-order chi connectivity index (χ0) is 17.9. The van der Waals surface area contributed by atoms with Crippen LogP contribution in [-0.2, 0) is 9.53 Å². The van der Waals surface area contributed by atoms with E-state index in [0.29, 0.717) is 5.56 Å². The van der Waals surface area contributed by atoms with Gasteiger partial charge in [0.25, 0.3) is 0 Å². The first kappa shape index (κ1) is 17.7. The van der Waals surface area contributed by atoms with Crippen molar-refractivity contribution in [3.05, 3.63) is 48.0 Å². The summed E-state index contributed by atoms with van der Waals surface area (Å²) in [6, 6.07) is 11.6. The molecule has 0 spiro atoms. The quantitative estimate of drug-likeness (QED) is 0.800. The van der Waals surface area contributed by atoms with Crippen LogP contribution in [0.5, 0.6) is 0 Å². The van der Waals surface area contributed by atoms with Crippen molar-refractivity contribution in [2.24, 2.45) is 0 Å². The number of carbonyl (C=O) groups is 2. The molecule has 0 aromatic heterocycles. The number of carboxylic acid groups (broad SMARTS) is 1. The molecule has 0 unspecified atom stereocenters. The van der Waals surface area contributed by atoms with E-state index >= 15 is 0 Å². The summed E-state index contributed by atoms with van der Waals surface area (Å²) in [5.41, 5.74) is -0.249. The topological polar surface area (TPSA) is 95.9 Å². The van der Waals surface area contributed by atoms with E-state index in [1.807, 2.05) is 30.3 Å². The van der Waals surface area contributed by atoms with Gasteiger partial charge in [-0.05, 0) is 43.2 Å². The van der Waals surface area contributed by atoms with Gasteiger partial charge in [-0.15, -0.1) is 0 Å². The maximum Gasteiger partial charge on any atom is 0.408 e. The fraction of sp³-hybridized carbons (Fsp3) is 0.333. The summed E-state index contributed by atoms with van der Waals surface area (Å²) in [6.45, 7) is 5.10. The summed E-state index contributed by atoms with van der Waals surface area (Å²) < 4.78 is 5.15. The second-order valence-electron chi connectivity index (χ2n) is 6.51. The molecule has 0 heterocycles. The Morgan fingerprint density at radius 1 is 1.08 bits per heavy atom. The van der Waals surface area contributed by atoms with Crippen LogP contribution in [0.2, 0.25) is 0 Å². The molecule has 2 aromatic rings. The summed E-state index contributed by atoms with van der Waals surface area (Å²) in [5, 5.41) is 23.4. The van der Waals surface area contributed by atoms with Gasteiger partial charge in [-0.3, -0.25) is 0 Å². The molecule has 6 nitrogen and oxygen atoms in total. The van der Waals surface area contributed by atoms with Crippen molar-refractivity contribution < 1.29 is 24.5 Å². The Kier molecular flexibility index (Phi) is 5.09. The lowest BCUT2D eigenvalue weighted by molar-refractivity contribution is -0.148. The molecule has 3 N–H and O–H groups in total. The largest absolute Gasteiger partial charge is 0.479 e. The van der Waals surface area contributed by atoms with Crippen LogP contribution < -0.4 is 5.32 Å². The van der Waals surface area contributed by atoms with Gasteiger partial charge >= 0.3 is 12.1 Å². The molecule has 128 valence electrons. The third-order valence-corrected chi connectivity index (χ3v) is 3.37. The molecule has 0 bridgehead atoms. The minimum absolute atomic E-state index is 0.481. The molecule has 0 radical (unpaired) electrons. The summed E-state index contributed by atoms with van der Waals surface area (Å²) in [7, 11) is 0. The molecular formula is C18H21NO5. The van der Waals surface area contributed by atoms with Crippen molar-refractivity contribution in [1.82, 2.24) is 5.32 Å². The van der Waals surface area contributed by atoms with E-state index in [1.54, 1.807) is 32.9 Å². The first-order valence-corrected chi connectivity index (χ1v) is 7.56. The van der Waals surface area contributed by atoms with Gasteiger partial charge < -0.3 is 20.3 Å². The van der Waals surface area contributed by atoms with Gasteiger partial charge in [0.1, 0.15) is 5.60 Å². The van der Waals surface area contributed by atoms with Gasteiger partial charge in [0.05, 0.1) is 6.04 Å². The molecule has 1 amide bonds. The summed E-state index contributed by atoms with van der Waals surface area (Å²) in [5.74, 6) is -1.43. The van der Waals surface area contributed by atoms with Crippen LogP contribution in [0.15, 0.2) is 42.5 Å². The molecule has 0 fully saturated rings. The minimum Gasteiger partial charge on any atom is -0.479 e. The van der Waals surface area contributed by atoms with Crippen molar-refractivity contribution in [2.45, 2.75) is 38.5 Å². The number of alkyl carbamates (subject to hydrolysis) is 1. The number of ether oxygens (including phenoxy) is 1. The molecular weight excluding hydrogens is 310 g/mol. The Morgan fingerprint density at radius 2 is 1.71 bits per heavy atom. The molecule has 0 saturated heterocycles. The van der Waals surface area contributed by atoms with E-state index < -0.39 is 29.8 Å². The fourth-order valence-electron chi connectivity index (χ4n) is 2.32. The van der Waals surface area contributed by atoms with Crippen LogP contribution in [0, 0.1) is 0 Å². The SMILES string of the molecule is CC(C)(C)OC(=O)N[C@@H](c1ccc2ccccc2c1)[C@H](O)C(=O)O. The van der Waals surface area contributed by atoms with Crippen LogP contribution in [0.4, 0.5) is 4.79 Å². The number of fused-ring (bicyclic) bond motifs is 1. The number of benzene rings is 2. The predicted molar refractivity (Wildman–Crippen MR) is 89.7 cm³/mol. The standard InChI is InChI=1S/C18H21NO5/c1-18(2,3)24-17(23)19-14(15(20)16(21)22)13-9-8-11-6-4-5-7-12(11)10-13/h4-10,14-15,20H,1-3H3,(H,19,23)(H,21,22)/t14-,15-/m0/s1. The minimum atomic E-state index is -1.79. The first-order chi connectivity index (χ1) is 11.2. The molecule has 2 aromatic carbocycles. The lowest BCUT2D eigenvalue weighted by Gasteiger charge is -2.25. The number of aliphatic hydroxyl groups is 1. The van der Waals surface area contributed by atoms with E-state index in [-0.39, 0.29) is 0 Å². The highest BCUT2D eigenvalue weighted by molar-refractivity contribution is 5.84. The lowest BCUT2D eigenvalue weighted by atomic mass is 9.98. The Labute approximate surface area is 140 Å². The summed E-state index contributed by atoms with van der Waals surface area (Å²) in [6.07, 6.45) is -2.58. The van der Waals surface area contributed by atoms with E-state index in [1.165, 1.54) is 0 Å². The van der Waals surface area contributed by atoms with Gasteiger partial charge in [-0.25, -0.2) is 9.59 Å². The van der Waals surface area contributed by atoms with Crippen LogP contribution in [0.3, 0.4) is 0 Å². The van der Waals surface area contributed by atoms with Crippen LogP contribution >= 0.6 is 0 Å². The van der Waals surface area contributed by atoms with Crippen molar-refractivity contribution in [3.8, 4) is 0 Å². The van der Waals surface area contributed by atoms with E-state index in [0.717, 1.165) is 10.8 Å². The molecule has 24 heavy (non-hydrogen) atoms. The van der Waals surface area contributed by atoms with E-state index in [2.05, 4.69) is 5.32 Å². The number of carbonyl (C=O) groups excluding carboxylic acids is 1. The lowest BCUT2D eigenvalue weighted by Crippen LogP contribution is -2.42. The maximum atomic E-state index is 12.0. The highest BCUT2D eigenvalue weighted by atomic mass is 16.6. The number of hydrogen-bond donors (Lipinski definition) is 3. The summed E-state index contributed by atoms with van der Waals surface area (Å²) >= 11 is 0. The Morgan fingerprint density at radius 3 is 2.29 bits per heavy atom. The number of carboxylic acids is 1. The molecule has 0 aliphatic heterocycles. The number of rotatable bonds is 4. The Hall–Kier alpha value is -2.60. The highest BCUT2D eigenvalue weighted by Crippen LogP contribution is 2.23. The van der Waals surface area contributed by atoms with Gasteiger partial charge in [0.15, 0.2) is 6.10 Å². The smallest absolute Gasteiger partial charge is 0.408 e. The highest BCUT2D eigenvalue weighted by Gasteiger charge is 2.30. The summed E-state index contributed by atoms with van der Waals surface area (Å²) in [4.78, 5) is 23.2. The van der Waals surface area contributed by atoms with Gasteiger partial charge in [-0.2, -0.15) is 0 Å². The van der Waals surface area contributed by atoms with E-state index in [4.69, 9.17) is 9.84 Å². The first-order valence-electron chi connectivity index (χ1n) is 7.56. The number of aliphatic carboxylic acids is 1. The number of amides is 1. The van der Waals surface area contributed by atoms with Crippen molar-refractivity contribution in [2.75, 3.05) is 0 Å². The number of nitrogens with one attached hydrogen (secondary N) is 1. The normalized spacial score (nSPS) is 14.0. The van der Waals surface area contributed by atoms with Crippen LogP contribution in [0.1, 0.15) is 32.4 Å². The molecule has 2 rings (SSSR count). The van der Waals surface area contributed by atoms with Crippen molar-refractivity contribution in [3.63, 3.8) is 0 Å². The van der Waals surface area contributed by atoms with Gasteiger partial charge in [-0.1, -0.05) is 36.4 Å². The van der Waals surface area contributed by atoms with Gasteiger partial charge in [0.2, 0.25) is 0 Å². The Balaban J connectivity index is 2.34. The fourth-order valence-corrected chi connectivity index (χ4v) is 2.32. The molecule has 0 aliphatic rings. The number of aliphatic hydroxyl groups excluding tert-OH is 1. The van der Waals surface area contributed by atoms with Crippen molar-refractivity contribution in [1.29, 1.82) is 0 Å². The van der Waals surface area contributed by atoms with Crippen LogP contribution in [-0.4, -0.2) is 34.0 Å². The third kappa shape index (κ3) is 4.45. The van der Waals surface area contributed by atoms with Crippen LogP contribution in [0.25, 0.3) is 10.8 Å². The number of hydrogen-bond acceptors (Lipinski definition) is 4. The average Bonchev–Trinajstić information content (AvgIpc) is 2.49. The zero-order valence-electron chi connectivity index (χ0n) is 13.8. The second-order valence-corrected chi connectivity index (χ2v) is 6.51. The monoisotopic (exact) mass is 331 g/mol. The third-order valence-electron chi connectivity index (χ3n) is 3.37. The second kappa shape index (κ2) is 6.88. The molecule has 0 saturated carbocycles. The van der Waals surface area contributed by atoms with E-state index in [9.17, 15) is 14.7 Å². The predicted octanol–water partition coefficient (Wildman–Crippen LogP) is 2.85.